The number of ether oxygens (including phenoxy) is 2. The first-order valence-electron chi connectivity index (χ1n) is 9.93. The third-order valence-electron chi connectivity index (χ3n) is 5.28. The van der Waals surface area contributed by atoms with E-state index in [-0.39, 0.29) is 18.1 Å². The van der Waals surface area contributed by atoms with Crippen LogP contribution in [0.2, 0.25) is 0 Å². The number of benzene rings is 2. The standard InChI is InChI=1S/C24H27NO5/c1-24(2)25(23(27)28)20(21(30-24)18-10-5-4-6-11-18)12-8-7-9-17-13-15-19(16-14-17)22(26)29-3/h4-7,9-11,13-16,20-21H,8,12H2,1-3H3,(H,27,28)/b9-7-/t20-,21-/m1/s1. The number of carboxylic acid groups (broad SMARTS) is 1. The van der Waals surface area contributed by atoms with Crippen LogP contribution in [0.25, 0.3) is 6.08 Å². The fourth-order valence-corrected chi connectivity index (χ4v) is 3.90. The third kappa shape index (κ3) is 4.71. The summed E-state index contributed by atoms with van der Waals surface area (Å²) in [4.78, 5) is 24.9. The molecule has 2 aromatic carbocycles. The number of hydrogen-bond acceptors (Lipinski definition) is 4. The van der Waals surface area contributed by atoms with Gasteiger partial charge in [0, 0.05) is 0 Å². The monoisotopic (exact) mass is 409 g/mol. The maximum absolute atomic E-state index is 12.0. The van der Waals surface area contributed by atoms with Crippen molar-refractivity contribution < 1.29 is 24.2 Å². The minimum absolute atomic E-state index is 0.286. The molecule has 158 valence electrons. The largest absolute Gasteiger partial charge is 0.465 e. The number of allylic oxidation sites excluding steroid dienone is 1. The lowest BCUT2D eigenvalue weighted by atomic mass is 9.97. The van der Waals surface area contributed by atoms with E-state index < -0.39 is 11.8 Å². The summed E-state index contributed by atoms with van der Waals surface area (Å²) >= 11 is 0. The molecule has 0 radical (unpaired) electrons. The van der Waals surface area contributed by atoms with Gasteiger partial charge in [-0.1, -0.05) is 54.6 Å². The third-order valence-corrected chi connectivity index (χ3v) is 5.28. The Balaban J connectivity index is 1.71. The van der Waals surface area contributed by atoms with Crippen LogP contribution < -0.4 is 0 Å². The fourth-order valence-electron chi connectivity index (χ4n) is 3.90. The first kappa shape index (κ1) is 21.6. The van der Waals surface area contributed by atoms with Gasteiger partial charge in [0.1, 0.15) is 11.8 Å². The van der Waals surface area contributed by atoms with Crippen LogP contribution in [0.5, 0.6) is 0 Å². The molecule has 0 unspecified atom stereocenters. The van der Waals surface area contributed by atoms with Crippen molar-refractivity contribution >= 4 is 18.1 Å². The van der Waals surface area contributed by atoms with Crippen LogP contribution in [-0.4, -0.2) is 40.9 Å². The van der Waals surface area contributed by atoms with Crippen molar-refractivity contribution in [3.05, 3.63) is 77.4 Å². The molecule has 3 rings (SSSR count). The number of amides is 1. The molecule has 0 aromatic heterocycles. The van der Waals surface area contributed by atoms with E-state index in [1.807, 2.05) is 54.6 Å². The van der Waals surface area contributed by atoms with Crippen molar-refractivity contribution in [3.8, 4) is 0 Å². The highest BCUT2D eigenvalue weighted by Crippen LogP contribution is 2.42. The topological polar surface area (TPSA) is 76.1 Å². The number of carbonyl (C=O) groups excluding carboxylic acids is 1. The number of carbonyl (C=O) groups is 2. The lowest BCUT2D eigenvalue weighted by Gasteiger charge is -2.30. The van der Waals surface area contributed by atoms with E-state index in [9.17, 15) is 14.7 Å². The maximum atomic E-state index is 12.0. The molecule has 1 saturated heterocycles. The summed E-state index contributed by atoms with van der Waals surface area (Å²) < 4.78 is 10.9. The molecule has 2 aromatic rings. The smallest absolute Gasteiger partial charge is 0.409 e. The summed E-state index contributed by atoms with van der Waals surface area (Å²) in [6.07, 6.45) is 4.00. The summed E-state index contributed by atoms with van der Waals surface area (Å²) in [5.41, 5.74) is 1.54. The zero-order valence-electron chi connectivity index (χ0n) is 17.4. The van der Waals surface area contributed by atoms with Gasteiger partial charge in [-0.25, -0.2) is 9.59 Å². The van der Waals surface area contributed by atoms with Crippen LogP contribution in [0.3, 0.4) is 0 Å². The van der Waals surface area contributed by atoms with Gasteiger partial charge in [0.15, 0.2) is 0 Å². The first-order valence-corrected chi connectivity index (χ1v) is 9.93. The molecule has 0 bridgehead atoms. The highest BCUT2D eigenvalue weighted by atomic mass is 16.6. The number of hydrogen-bond donors (Lipinski definition) is 1. The predicted octanol–water partition coefficient (Wildman–Crippen LogP) is 5.12. The second-order valence-corrected chi connectivity index (χ2v) is 7.71. The summed E-state index contributed by atoms with van der Waals surface area (Å²) in [5.74, 6) is -0.366. The molecule has 6 nitrogen and oxygen atoms in total. The Morgan fingerprint density at radius 3 is 2.40 bits per heavy atom. The van der Waals surface area contributed by atoms with E-state index in [2.05, 4.69) is 0 Å². The van der Waals surface area contributed by atoms with Gasteiger partial charge in [-0.2, -0.15) is 0 Å². The quantitative estimate of drug-likeness (QED) is 0.670. The van der Waals surface area contributed by atoms with Gasteiger partial charge in [0.25, 0.3) is 0 Å². The van der Waals surface area contributed by atoms with Crippen molar-refractivity contribution in [2.75, 3.05) is 7.11 Å². The van der Waals surface area contributed by atoms with Crippen LogP contribution in [0.15, 0.2) is 60.7 Å². The Hall–Kier alpha value is -3.12. The Bertz CT molecular complexity index is 905. The minimum atomic E-state index is -0.981. The Morgan fingerprint density at radius 1 is 1.13 bits per heavy atom. The van der Waals surface area contributed by atoms with E-state index in [1.165, 1.54) is 12.0 Å². The normalized spacial score (nSPS) is 20.4. The van der Waals surface area contributed by atoms with Crippen molar-refractivity contribution in [1.29, 1.82) is 0 Å². The van der Waals surface area contributed by atoms with Crippen LogP contribution >= 0.6 is 0 Å². The molecule has 1 N–H and O–H groups in total. The molecule has 1 fully saturated rings. The van der Waals surface area contributed by atoms with Crippen molar-refractivity contribution in [3.63, 3.8) is 0 Å². The zero-order chi connectivity index (χ0) is 21.7. The van der Waals surface area contributed by atoms with Gasteiger partial charge in [-0.15, -0.1) is 0 Å². The number of rotatable bonds is 6. The molecule has 1 aliphatic rings. The van der Waals surface area contributed by atoms with Gasteiger partial charge < -0.3 is 14.6 Å². The van der Waals surface area contributed by atoms with Gasteiger partial charge in [-0.3, -0.25) is 4.90 Å². The van der Waals surface area contributed by atoms with Gasteiger partial charge in [-0.05, 0) is 49.9 Å². The first-order chi connectivity index (χ1) is 14.3. The number of methoxy groups -OCH3 is 1. The highest BCUT2D eigenvalue weighted by molar-refractivity contribution is 5.89. The van der Waals surface area contributed by atoms with Crippen LogP contribution in [0.4, 0.5) is 4.79 Å². The lowest BCUT2D eigenvalue weighted by molar-refractivity contribution is -0.0673. The summed E-state index contributed by atoms with van der Waals surface area (Å²) in [6.45, 7) is 3.57. The van der Waals surface area contributed by atoms with E-state index in [0.717, 1.165) is 11.1 Å². The molecule has 0 aliphatic carbocycles. The lowest BCUT2D eigenvalue weighted by Crippen LogP contribution is -2.47. The molecular weight excluding hydrogens is 382 g/mol. The second kappa shape index (κ2) is 9.13. The van der Waals surface area contributed by atoms with Crippen LogP contribution in [0.1, 0.15) is 54.3 Å². The van der Waals surface area contributed by atoms with Gasteiger partial charge in [0.2, 0.25) is 0 Å². The SMILES string of the molecule is COC(=O)c1ccc(/C=C\CC[C@@H]2[C@@H](c3ccccc3)OC(C)(C)N2C(=O)O)cc1. The number of esters is 1. The van der Waals surface area contributed by atoms with Crippen LogP contribution in [-0.2, 0) is 9.47 Å². The maximum Gasteiger partial charge on any atom is 0.409 e. The Morgan fingerprint density at radius 2 is 1.80 bits per heavy atom. The molecule has 6 heteroatoms. The minimum Gasteiger partial charge on any atom is -0.465 e. The van der Waals surface area contributed by atoms with Crippen molar-refractivity contribution in [2.24, 2.45) is 0 Å². The van der Waals surface area contributed by atoms with Gasteiger partial charge >= 0.3 is 12.1 Å². The van der Waals surface area contributed by atoms with E-state index in [0.29, 0.717) is 18.4 Å². The molecule has 30 heavy (non-hydrogen) atoms. The molecule has 1 amide bonds. The van der Waals surface area contributed by atoms with Crippen molar-refractivity contribution in [2.45, 2.75) is 44.6 Å². The number of nitrogens with zero attached hydrogens (tertiary/aromatic N) is 1. The predicted molar refractivity (Wildman–Crippen MR) is 114 cm³/mol. The average Bonchev–Trinajstić information content (AvgIpc) is 3.02. The molecule has 1 heterocycles. The highest BCUT2D eigenvalue weighted by Gasteiger charge is 2.50. The zero-order valence-corrected chi connectivity index (χ0v) is 17.4. The Labute approximate surface area is 176 Å². The molecule has 0 saturated carbocycles. The molecular formula is C24H27NO5. The van der Waals surface area contributed by atoms with Gasteiger partial charge in [0.05, 0.1) is 18.7 Å². The van der Waals surface area contributed by atoms with E-state index >= 15 is 0 Å². The summed E-state index contributed by atoms with van der Waals surface area (Å²) in [7, 11) is 1.35. The Kier molecular flexibility index (Phi) is 6.57. The van der Waals surface area contributed by atoms with Crippen molar-refractivity contribution in [1.82, 2.24) is 4.90 Å². The van der Waals surface area contributed by atoms with E-state index in [1.54, 1.807) is 26.0 Å². The van der Waals surface area contributed by atoms with Crippen LogP contribution in [0, 0.1) is 0 Å². The van der Waals surface area contributed by atoms with E-state index in [4.69, 9.17) is 9.47 Å². The second-order valence-electron chi connectivity index (χ2n) is 7.71. The summed E-state index contributed by atoms with van der Waals surface area (Å²) in [5, 5.41) is 9.80. The average molecular weight is 409 g/mol. The molecule has 2 atom stereocenters. The fraction of sp³-hybridized carbons (Fsp3) is 0.333. The molecule has 1 aliphatic heterocycles. The molecule has 0 spiro atoms. The summed E-state index contributed by atoms with van der Waals surface area (Å²) in [6, 6.07) is 16.6.